The van der Waals surface area contributed by atoms with Crippen molar-refractivity contribution in [2.75, 3.05) is 0 Å². The Balaban J connectivity index is 0.00000196. The van der Waals surface area contributed by atoms with Gasteiger partial charge in [-0.15, -0.1) is 5.56 Å². The quantitative estimate of drug-likeness (QED) is 0.483. The Hall–Kier alpha value is -0.336. The van der Waals surface area contributed by atoms with E-state index in [9.17, 15) is 9.59 Å². The molecular formula is C12H13O2Y-. The van der Waals surface area contributed by atoms with E-state index in [-0.39, 0.29) is 50.7 Å². The summed E-state index contributed by atoms with van der Waals surface area (Å²) >= 11 is 0. The van der Waals surface area contributed by atoms with Crippen LogP contribution >= 0.6 is 0 Å². The molecule has 0 amide bonds. The monoisotopic (exact) mass is 278 g/mol. The van der Waals surface area contributed by atoms with Gasteiger partial charge in [-0.3, -0.25) is 9.59 Å². The van der Waals surface area contributed by atoms with Gasteiger partial charge in [0, 0.05) is 32.7 Å². The van der Waals surface area contributed by atoms with Gasteiger partial charge in [0.25, 0.3) is 0 Å². The summed E-state index contributed by atoms with van der Waals surface area (Å²) in [5, 5.41) is 0. The third-order valence-electron chi connectivity index (χ3n) is 2.01. The molecule has 0 aliphatic rings. The molecule has 1 aromatic rings. The van der Waals surface area contributed by atoms with Gasteiger partial charge in [0.1, 0.15) is 11.6 Å². The molecule has 0 aliphatic carbocycles. The largest absolute Gasteiger partial charge is 0.300 e. The molecule has 0 saturated heterocycles. The number of carbonyl (C=O) groups excluding carboxylic acids is 2. The third kappa shape index (κ3) is 4.35. The van der Waals surface area contributed by atoms with Crippen molar-refractivity contribution in [1.82, 2.24) is 0 Å². The standard InChI is InChI=1S/C12H13O2.Y/c1-8-4-5-9(2)11(6-8)12(14)7-10(3)13;/h5-6H,7H2,1-3H3;/q-1;. The van der Waals surface area contributed by atoms with E-state index in [0.29, 0.717) is 5.56 Å². The van der Waals surface area contributed by atoms with Crippen molar-refractivity contribution in [2.45, 2.75) is 27.2 Å². The molecule has 1 aromatic carbocycles. The fourth-order valence-electron chi connectivity index (χ4n) is 1.29. The van der Waals surface area contributed by atoms with E-state index in [4.69, 9.17) is 0 Å². The molecule has 0 bridgehead atoms. The van der Waals surface area contributed by atoms with Crippen LogP contribution in [0.25, 0.3) is 0 Å². The molecule has 0 unspecified atom stereocenters. The second kappa shape index (κ2) is 6.29. The van der Waals surface area contributed by atoms with E-state index in [1.54, 1.807) is 12.1 Å². The fourth-order valence-corrected chi connectivity index (χ4v) is 1.29. The Labute approximate surface area is 115 Å². The van der Waals surface area contributed by atoms with Crippen molar-refractivity contribution in [3.63, 3.8) is 0 Å². The normalized spacial score (nSPS) is 9.27. The molecule has 0 heterocycles. The molecule has 0 fully saturated rings. The molecule has 1 rings (SSSR count). The van der Waals surface area contributed by atoms with Crippen molar-refractivity contribution in [3.8, 4) is 0 Å². The second-order valence-corrected chi connectivity index (χ2v) is 3.51. The number of aryl methyl sites for hydroxylation is 2. The Bertz CT molecular complexity index is 383. The minimum atomic E-state index is -0.105. The number of rotatable bonds is 3. The van der Waals surface area contributed by atoms with Crippen LogP contribution in [0.3, 0.4) is 0 Å². The molecule has 0 spiro atoms. The van der Waals surface area contributed by atoms with Crippen molar-refractivity contribution in [3.05, 3.63) is 34.9 Å². The topological polar surface area (TPSA) is 34.1 Å². The molecular weight excluding hydrogens is 265 g/mol. The summed E-state index contributed by atoms with van der Waals surface area (Å²) in [5.74, 6) is -0.202. The number of ketones is 2. The van der Waals surface area contributed by atoms with Gasteiger partial charge in [0.05, 0.1) is 6.42 Å². The van der Waals surface area contributed by atoms with Gasteiger partial charge in [0.2, 0.25) is 0 Å². The Morgan fingerprint density at radius 3 is 2.47 bits per heavy atom. The summed E-state index contributed by atoms with van der Waals surface area (Å²) in [5.41, 5.74) is 2.43. The first kappa shape index (κ1) is 14.7. The van der Waals surface area contributed by atoms with Gasteiger partial charge in [-0.2, -0.15) is 23.8 Å². The average molecular weight is 278 g/mol. The zero-order valence-electron chi connectivity index (χ0n) is 9.26. The van der Waals surface area contributed by atoms with E-state index in [1.165, 1.54) is 6.92 Å². The van der Waals surface area contributed by atoms with Crippen LogP contribution in [0, 0.1) is 19.9 Å². The molecule has 1 radical (unpaired) electrons. The predicted molar refractivity (Wildman–Crippen MR) is 54.4 cm³/mol. The van der Waals surface area contributed by atoms with Crippen LogP contribution in [0.5, 0.6) is 0 Å². The van der Waals surface area contributed by atoms with Crippen molar-refractivity contribution < 1.29 is 42.3 Å². The van der Waals surface area contributed by atoms with Gasteiger partial charge in [0.15, 0.2) is 0 Å². The maximum Gasteiger partial charge on any atom is 0.146 e. The van der Waals surface area contributed by atoms with Crippen LogP contribution in [0.4, 0.5) is 0 Å². The fraction of sp³-hybridized carbons (Fsp3) is 0.333. The summed E-state index contributed by atoms with van der Waals surface area (Å²) in [6, 6.07) is 6.57. The van der Waals surface area contributed by atoms with Gasteiger partial charge in [-0.05, 0) is 6.92 Å². The SMILES string of the molecule is CC(=O)CC(=O)c1cc(C)[c-]cc1C.[Y]. The van der Waals surface area contributed by atoms with Crippen molar-refractivity contribution in [2.24, 2.45) is 0 Å². The summed E-state index contributed by atoms with van der Waals surface area (Å²) in [6.07, 6.45) is -0.00963. The van der Waals surface area contributed by atoms with E-state index in [1.807, 2.05) is 13.8 Å². The third-order valence-corrected chi connectivity index (χ3v) is 2.01. The van der Waals surface area contributed by atoms with Crippen molar-refractivity contribution >= 4 is 11.6 Å². The maximum absolute atomic E-state index is 11.6. The van der Waals surface area contributed by atoms with E-state index in [2.05, 4.69) is 6.07 Å². The van der Waals surface area contributed by atoms with Gasteiger partial charge in [-0.25, -0.2) is 0 Å². The molecule has 15 heavy (non-hydrogen) atoms. The number of Topliss-reactive ketones (excluding diaryl/α,β-unsaturated/α-hetero) is 2. The Morgan fingerprint density at radius 1 is 1.33 bits per heavy atom. The maximum atomic E-state index is 11.6. The van der Waals surface area contributed by atoms with E-state index in [0.717, 1.165) is 11.1 Å². The zero-order chi connectivity index (χ0) is 10.7. The molecule has 0 atom stereocenters. The predicted octanol–water partition coefficient (Wildman–Crippen LogP) is 2.26. The minimum absolute atomic E-state index is 0. The molecule has 0 saturated carbocycles. The Kier molecular flexibility index (Phi) is 6.15. The summed E-state index contributed by atoms with van der Waals surface area (Å²) in [7, 11) is 0. The van der Waals surface area contributed by atoms with Crippen LogP contribution in [-0.2, 0) is 37.5 Å². The summed E-state index contributed by atoms with van der Waals surface area (Å²) in [4.78, 5) is 22.4. The minimum Gasteiger partial charge on any atom is -0.300 e. The first-order chi connectivity index (χ1) is 6.50. The Morgan fingerprint density at radius 2 is 1.93 bits per heavy atom. The smallest absolute Gasteiger partial charge is 0.146 e. The van der Waals surface area contributed by atoms with Crippen LogP contribution in [0.1, 0.15) is 34.8 Å². The summed E-state index contributed by atoms with van der Waals surface area (Å²) < 4.78 is 0. The van der Waals surface area contributed by atoms with Crippen LogP contribution in [0.2, 0.25) is 0 Å². The first-order valence-electron chi connectivity index (χ1n) is 4.52. The van der Waals surface area contributed by atoms with E-state index >= 15 is 0 Å². The molecule has 2 nitrogen and oxygen atoms in total. The second-order valence-electron chi connectivity index (χ2n) is 3.51. The van der Waals surface area contributed by atoms with Crippen LogP contribution in [-0.4, -0.2) is 11.6 Å². The molecule has 77 valence electrons. The van der Waals surface area contributed by atoms with E-state index < -0.39 is 0 Å². The average Bonchev–Trinajstić information content (AvgIpc) is 2.08. The van der Waals surface area contributed by atoms with Gasteiger partial charge in [-0.1, -0.05) is 19.4 Å². The van der Waals surface area contributed by atoms with Crippen molar-refractivity contribution in [1.29, 1.82) is 0 Å². The number of hydrogen-bond acceptors (Lipinski definition) is 2. The molecule has 0 N–H and O–H groups in total. The van der Waals surface area contributed by atoms with Gasteiger partial charge >= 0.3 is 0 Å². The van der Waals surface area contributed by atoms with Crippen LogP contribution < -0.4 is 0 Å². The number of carbonyl (C=O) groups is 2. The summed E-state index contributed by atoms with van der Waals surface area (Å²) in [6.45, 7) is 5.16. The first-order valence-corrected chi connectivity index (χ1v) is 4.52. The number of hydrogen-bond donors (Lipinski definition) is 0. The number of benzene rings is 1. The van der Waals surface area contributed by atoms with Gasteiger partial charge < -0.3 is 0 Å². The molecule has 3 heteroatoms. The zero-order valence-corrected chi connectivity index (χ0v) is 12.1. The van der Waals surface area contributed by atoms with Crippen LogP contribution in [0.15, 0.2) is 12.1 Å². The molecule has 0 aliphatic heterocycles. The molecule has 0 aromatic heterocycles.